The van der Waals surface area contributed by atoms with Gasteiger partial charge >= 0.3 is 0 Å². The van der Waals surface area contributed by atoms with E-state index in [1.54, 1.807) is 50.3 Å². The van der Waals surface area contributed by atoms with E-state index in [1.807, 2.05) is 0 Å². The predicted octanol–water partition coefficient (Wildman–Crippen LogP) is 16.7. The second-order valence-corrected chi connectivity index (χ2v) is 19.7. The van der Waals surface area contributed by atoms with Crippen LogP contribution in [-0.2, 0) is 0 Å². The van der Waals surface area contributed by atoms with Gasteiger partial charge in [0.15, 0.2) is 0 Å². The van der Waals surface area contributed by atoms with Crippen molar-refractivity contribution in [2.24, 2.45) is 0 Å². The highest BCUT2D eigenvalue weighted by Crippen LogP contribution is 2.61. The van der Waals surface area contributed by atoms with Crippen LogP contribution in [0.3, 0.4) is 0 Å². The standard InChI is InChI=1S/C43H90P/c1-5-9-13-17-21-25-29-33-37-41-44(40-36-32-28-24-20-16-12-8-4,42-38-34-30-26-22-18-14-10-6-2)43-39-35-31-27-23-19-15-11-7-3/h5-43H2,1-4H3/q+1. The van der Waals surface area contributed by atoms with Crippen LogP contribution in [0.25, 0.3) is 0 Å². The zero-order valence-corrected chi connectivity index (χ0v) is 32.9. The molecule has 0 amide bonds. The van der Waals surface area contributed by atoms with E-state index in [0.29, 0.717) is 0 Å². The van der Waals surface area contributed by atoms with E-state index >= 15 is 0 Å². The topological polar surface area (TPSA) is 0 Å². The Morgan fingerprint density at radius 1 is 0.182 bits per heavy atom. The van der Waals surface area contributed by atoms with Crippen LogP contribution in [-0.4, -0.2) is 24.6 Å². The second kappa shape index (κ2) is 37.9. The van der Waals surface area contributed by atoms with Gasteiger partial charge in [-0.1, -0.05) is 201 Å². The Morgan fingerprint density at radius 2 is 0.318 bits per heavy atom. The number of rotatable bonds is 39. The van der Waals surface area contributed by atoms with Crippen LogP contribution in [0.15, 0.2) is 0 Å². The molecule has 0 aliphatic heterocycles. The molecule has 0 aromatic rings. The summed E-state index contributed by atoms with van der Waals surface area (Å²) in [6.07, 6.45) is 58.7. The largest absolute Gasteiger partial charge is 0.0654 e. The van der Waals surface area contributed by atoms with Crippen molar-refractivity contribution in [1.29, 1.82) is 0 Å². The fraction of sp³-hybridized carbons (Fsp3) is 1.00. The zero-order valence-electron chi connectivity index (χ0n) is 32.0. The Balaban J connectivity index is 4.83. The molecule has 0 aromatic carbocycles. The quantitative estimate of drug-likeness (QED) is 0.0465. The lowest BCUT2D eigenvalue weighted by Crippen LogP contribution is -2.13. The molecule has 0 rings (SSSR count). The fourth-order valence-corrected chi connectivity index (χ4v) is 12.4. The molecular formula is C43H90P+. The normalized spacial score (nSPS) is 12.0. The molecule has 0 bridgehead atoms. The zero-order chi connectivity index (χ0) is 32.1. The fourth-order valence-electron chi connectivity index (χ4n) is 7.53. The first-order chi connectivity index (χ1) is 21.7. The Bertz CT molecular complexity index is 444. The Hall–Kier alpha value is 0.430. The number of hydrogen-bond acceptors (Lipinski definition) is 0. The van der Waals surface area contributed by atoms with Crippen molar-refractivity contribution in [1.82, 2.24) is 0 Å². The van der Waals surface area contributed by atoms with Gasteiger partial charge < -0.3 is 0 Å². The lowest BCUT2D eigenvalue weighted by Gasteiger charge is -2.28. The van der Waals surface area contributed by atoms with E-state index in [2.05, 4.69) is 27.7 Å². The van der Waals surface area contributed by atoms with E-state index in [1.165, 1.54) is 199 Å². The molecule has 0 spiro atoms. The van der Waals surface area contributed by atoms with E-state index in [-0.39, 0.29) is 0 Å². The molecule has 0 aromatic heterocycles. The summed E-state index contributed by atoms with van der Waals surface area (Å²) in [5.41, 5.74) is 0. The first-order valence-electron chi connectivity index (χ1n) is 21.6. The van der Waals surface area contributed by atoms with Gasteiger partial charge in [-0.05, 0) is 51.4 Å². The van der Waals surface area contributed by atoms with E-state index < -0.39 is 7.26 Å². The third kappa shape index (κ3) is 32.4. The third-order valence-electron chi connectivity index (χ3n) is 10.7. The summed E-state index contributed by atoms with van der Waals surface area (Å²) in [5.74, 6) is 0. The highest BCUT2D eigenvalue weighted by Gasteiger charge is 2.35. The molecule has 0 atom stereocenters. The van der Waals surface area contributed by atoms with E-state index in [0.717, 1.165) is 0 Å². The van der Waals surface area contributed by atoms with E-state index in [9.17, 15) is 0 Å². The van der Waals surface area contributed by atoms with Gasteiger partial charge in [0.2, 0.25) is 0 Å². The van der Waals surface area contributed by atoms with Gasteiger partial charge in [0.25, 0.3) is 0 Å². The highest BCUT2D eigenvalue weighted by molar-refractivity contribution is 7.75. The lowest BCUT2D eigenvalue weighted by molar-refractivity contribution is 0.567. The summed E-state index contributed by atoms with van der Waals surface area (Å²) in [5, 5.41) is 0. The molecule has 1 heteroatoms. The Kier molecular flexibility index (Phi) is 38.3. The van der Waals surface area contributed by atoms with Gasteiger partial charge in [-0.3, -0.25) is 0 Å². The molecule has 0 nitrogen and oxygen atoms in total. The molecule has 44 heavy (non-hydrogen) atoms. The average molecular weight is 638 g/mol. The summed E-state index contributed by atoms with van der Waals surface area (Å²) in [7, 11) is -0.774. The third-order valence-corrected chi connectivity index (χ3v) is 15.8. The molecule has 266 valence electrons. The first-order valence-corrected chi connectivity index (χ1v) is 24.1. The van der Waals surface area contributed by atoms with Crippen LogP contribution < -0.4 is 0 Å². The van der Waals surface area contributed by atoms with Gasteiger partial charge in [0.1, 0.15) is 0 Å². The van der Waals surface area contributed by atoms with Crippen LogP contribution >= 0.6 is 7.26 Å². The van der Waals surface area contributed by atoms with Crippen LogP contribution in [0.5, 0.6) is 0 Å². The molecule has 0 aliphatic rings. The molecule has 0 N–H and O–H groups in total. The molecule has 0 saturated carbocycles. The SMILES string of the molecule is CCCCCCCCCCC[P+](CCCCCCCCCC)(CCCCCCCCCCC)CCCCCCCCCCC. The summed E-state index contributed by atoms with van der Waals surface area (Å²) >= 11 is 0. The van der Waals surface area contributed by atoms with Crippen molar-refractivity contribution in [3.8, 4) is 0 Å². The Labute approximate surface area is 283 Å². The maximum atomic E-state index is 2.35. The van der Waals surface area contributed by atoms with Crippen LogP contribution in [0.2, 0.25) is 0 Å². The number of unbranched alkanes of at least 4 members (excludes halogenated alkanes) is 31. The minimum atomic E-state index is -0.774. The minimum Gasteiger partial charge on any atom is -0.0654 e. The van der Waals surface area contributed by atoms with Gasteiger partial charge in [-0.2, -0.15) is 0 Å². The van der Waals surface area contributed by atoms with Gasteiger partial charge in [0, 0.05) is 7.26 Å². The second-order valence-electron chi connectivity index (χ2n) is 15.2. The molecular weight excluding hydrogens is 547 g/mol. The lowest BCUT2D eigenvalue weighted by atomic mass is 10.1. The summed E-state index contributed by atoms with van der Waals surface area (Å²) in [6, 6.07) is 0. The average Bonchev–Trinajstić information content (AvgIpc) is 3.03. The van der Waals surface area contributed by atoms with Crippen molar-refractivity contribution >= 4 is 7.26 Å². The van der Waals surface area contributed by atoms with E-state index in [4.69, 9.17) is 0 Å². The van der Waals surface area contributed by atoms with Crippen LogP contribution in [0, 0.1) is 0 Å². The smallest absolute Gasteiger partial charge is 0.0594 e. The monoisotopic (exact) mass is 638 g/mol. The molecule has 0 heterocycles. The molecule has 0 saturated heterocycles. The summed E-state index contributed by atoms with van der Waals surface area (Å²) in [4.78, 5) is 0. The highest BCUT2D eigenvalue weighted by atomic mass is 31.2. The molecule has 0 unspecified atom stereocenters. The van der Waals surface area contributed by atoms with Crippen molar-refractivity contribution in [2.45, 2.75) is 252 Å². The predicted molar refractivity (Wildman–Crippen MR) is 211 cm³/mol. The summed E-state index contributed by atoms with van der Waals surface area (Å²) in [6.45, 7) is 9.36. The minimum absolute atomic E-state index is 0.774. The van der Waals surface area contributed by atoms with Crippen LogP contribution in [0.4, 0.5) is 0 Å². The molecule has 0 fully saturated rings. The van der Waals surface area contributed by atoms with Gasteiger partial charge in [-0.25, -0.2) is 0 Å². The van der Waals surface area contributed by atoms with Gasteiger partial charge in [0.05, 0.1) is 24.6 Å². The Morgan fingerprint density at radius 3 is 0.477 bits per heavy atom. The van der Waals surface area contributed by atoms with Crippen LogP contribution in [0.1, 0.15) is 252 Å². The maximum absolute atomic E-state index is 2.35. The number of hydrogen-bond donors (Lipinski definition) is 0. The van der Waals surface area contributed by atoms with Crippen molar-refractivity contribution in [3.63, 3.8) is 0 Å². The van der Waals surface area contributed by atoms with Crippen molar-refractivity contribution < 1.29 is 0 Å². The van der Waals surface area contributed by atoms with Gasteiger partial charge in [-0.15, -0.1) is 0 Å². The van der Waals surface area contributed by atoms with Crippen molar-refractivity contribution in [2.75, 3.05) is 24.6 Å². The first kappa shape index (κ1) is 44.4. The van der Waals surface area contributed by atoms with Crippen molar-refractivity contribution in [3.05, 3.63) is 0 Å². The maximum Gasteiger partial charge on any atom is 0.0594 e. The summed E-state index contributed by atoms with van der Waals surface area (Å²) < 4.78 is 0. The molecule has 0 radical (unpaired) electrons. The molecule has 0 aliphatic carbocycles.